The van der Waals surface area contributed by atoms with Gasteiger partial charge in [-0.3, -0.25) is 5.32 Å². The number of ether oxygens (including phenoxy) is 1. The smallest absolute Gasteiger partial charge is 0.323 e. The van der Waals surface area contributed by atoms with Gasteiger partial charge >= 0.3 is 12.1 Å². The summed E-state index contributed by atoms with van der Waals surface area (Å²) in [7, 11) is 0. The summed E-state index contributed by atoms with van der Waals surface area (Å²) in [5.41, 5.74) is 3.10. The zero-order chi connectivity index (χ0) is 25.5. The molecule has 3 N–H and O–H groups in total. The molecule has 1 aliphatic rings. The van der Waals surface area contributed by atoms with Crippen molar-refractivity contribution >= 4 is 46.5 Å². The van der Waals surface area contributed by atoms with E-state index >= 15 is 0 Å². The first kappa shape index (κ1) is 25.1. The summed E-state index contributed by atoms with van der Waals surface area (Å²) in [6.45, 7) is 6.87. The number of rotatable bonds is 6. The molecule has 1 aliphatic heterocycles. The number of pyridine rings is 1. The highest BCUT2D eigenvalue weighted by Gasteiger charge is 2.22. The Morgan fingerprint density at radius 1 is 1.00 bits per heavy atom. The number of nitrogens with zero attached hydrogens (tertiary/aromatic N) is 3. The second-order valence-corrected chi connectivity index (χ2v) is 8.71. The van der Waals surface area contributed by atoms with Gasteiger partial charge in [-0.2, -0.15) is 0 Å². The van der Waals surface area contributed by atoms with Crippen LogP contribution in [-0.4, -0.2) is 54.7 Å². The molecule has 0 unspecified atom stereocenters. The fourth-order valence-corrected chi connectivity index (χ4v) is 4.06. The van der Waals surface area contributed by atoms with Crippen LogP contribution in [0.4, 0.5) is 32.5 Å². The van der Waals surface area contributed by atoms with Crippen molar-refractivity contribution in [3.63, 3.8) is 0 Å². The van der Waals surface area contributed by atoms with Gasteiger partial charge in [0.2, 0.25) is 0 Å². The maximum absolute atomic E-state index is 12.6. The number of halogens is 1. The van der Waals surface area contributed by atoms with Gasteiger partial charge in [0, 0.05) is 48.8 Å². The maximum atomic E-state index is 12.6. The second-order valence-electron chi connectivity index (χ2n) is 8.27. The van der Waals surface area contributed by atoms with Crippen LogP contribution < -0.4 is 25.6 Å². The summed E-state index contributed by atoms with van der Waals surface area (Å²) in [5.74, 6) is 1.14. The van der Waals surface area contributed by atoms with Crippen LogP contribution in [-0.2, 0) is 0 Å². The average molecular weight is 509 g/mol. The van der Waals surface area contributed by atoms with Gasteiger partial charge in [0.15, 0.2) is 0 Å². The predicted molar refractivity (Wildman–Crippen MR) is 143 cm³/mol. The number of urea groups is 2. The number of hydrogen-bond acceptors (Lipinski definition) is 5. The Kier molecular flexibility index (Phi) is 8.12. The highest BCUT2D eigenvalue weighted by Crippen LogP contribution is 2.28. The van der Waals surface area contributed by atoms with E-state index in [1.807, 2.05) is 50.2 Å². The van der Waals surface area contributed by atoms with Crippen molar-refractivity contribution in [3.05, 3.63) is 71.4 Å². The molecule has 10 heteroatoms. The molecule has 2 heterocycles. The van der Waals surface area contributed by atoms with Gasteiger partial charge in [-0.1, -0.05) is 17.7 Å². The van der Waals surface area contributed by atoms with E-state index < -0.39 is 6.03 Å². The van der Waals surface area contributed by atoms with E-state index in [2.05, 4.69) is 25.8 Å². The third kappa shape index (κ3) is 6.37. The topological polar surface area (TPSA) is 98.8 Å². The first-order valence-corrected chi connectivity index (χ1v) is 12.1. The summed E-state index contributed by atoms with van der Waals surface area (Å²) in [6, 6.07) is 15.9. The lowest BCUT2D eigenvalue weighted by molar-refractivity contribution is 0.208. The lowest BCUT2D eigenvalue weighted by atomic mass is 10.2. The van der Waals surface area contributed by atoms with Crippen molar-refractivity contribution in [3.8, 4) is 5.75 Å². The lowest BCUT2D eigenvalue weighted by Gasteiger charge is -2.36. The Morgan fingerprint density at radius 2 is 1.75 bits per heavy atom. The van der Waals surface area contributed by atoms with Gasteiger partial charge in [0.05, 0.1) is 12.3 Å². The number of benzene rings is 2. The lowest BCUT2D eigenvalue weighted by Crippen LogP contribution is -2.50. The van der Waals surface area contributed by atoms with Crippen molar-refractivity contribution in [2.75, 3.05) is 53.6 Å². The van der Waals surface area contributed by atoms with Gasteiger partial charge in [-0.05, 0) is 67.9 Å². The molecule has 0 radical (unpaired) electrons. The molecule has 1 fully saturated rings. The van der Waals surface area contributed by atoms with Crippen LogP contribution in [0.25, 0.3) is 0 Å². The molecule has 4 amide bonds. The number of carbonyl (C=O) groups excluding carboxylic acids is 2. The molecule has 4 rings (SSSR count). The summed E-state index contributed by atoms with van der Waals surface area (Å²) in [6.07, 6.45) is 1.66. The summed E-state index contributed by atoms with van der Waals surface area (Å²) in [4.78, 5) is 33.3. The van der Waals surface area contributed by atoms with Crippen molar-refractivity contribution in [1.29, 1.82) is 0 Å². The number of amides is 4. The number of aromatic nitrogens is 1. The zero-order valence-corrected chi connectivity index (χ0v) is 21.0. The van der Waals surface area contributed by atoms with Crippen LogP contribution in [0.3, 0.4) is 0 Å². The summed E-state index contributed by atoms with van der Waals surface area (Å²) >= 11 is 6.06. The van der Waals surface area contributed by atoms with Crippen molar-refractivity contribution in [2.24, 2.45) is 0 Å². The Hall–Kier alpha value is -3.98. The van der Waals surface area contributed by atoms with Gasteiger partial charge < -0.3 is 25.2 Å². The van der Waals surface area contributed by atoms with Gasteiger partial charge in [-0.15, -0.1) is 0 Å². The predicted octanol–water partition coefficient (Wildman–Crippen LogP) is 5.44. The monoisotopic (exact) mass is 508 g/mol. The number of nitrogens with one attached hydrogen (secondary N) is 3. The molecule has 0 bridgehead atoms. The van der Waals surface area contributed by atoms with E-state index in [9.17, 15) is 9.59 Å². The number of anilines is 4. The SMILES string of the molecule is CCOc1ccc(Cl)cc1NC(=O)Nc1ccc(N2CCN(C(=O)Nc3ncccc3C)CC2)cc1. The Morgan fingerprint density at radius 3 is 2.44 bits per heavy atom. The Bertz CT molecular complexity index is 1210. The minimum absolute atomic E-state index is 0.144. The maximum Gasteiger partial charge on any atom is 0.323 e. The molecule has 188 valence electrons. The first-order valence-electron chi connectivity index (χ1n) is 11.8. The molecule has 9 nitrogen and oxygen atoms in total. The fraction of sp³-hybridized carbons (Fsp3) is 0.269. The van der Waals surface area contributed by atoms with Crippen LogP contribution in [0.5, 0.6) is 5.75 Å². The van der Waals surface area contributed by atoms with Crippen molar-refractivity contribution in [1.82, 2.24) is 9.88 Å². The third-order valence-corrected chi connectivity index (χ3v) is 6.02. The highest BCUT2D eigenvalue weighted by atomic mass is 35.5. The summed E-state index contributed by atoms with van der Waals surface area (Å²) in [5, 5.41) is 9.00. The third-order valence-electron chi connectivity index (χ3n) is 5.78. The largest absolute Gasteiger partial charge is 0.492 e. The molecule has 3 aromatic rings. The van der Waals surface area contributed by atoms with E-state index in [1.54, 1.807) is 29.3 Å². The normalized spacial score (nSPS) is 13.2. The molecule has 0 saturated carbocycles. The standard InChI is InChI=1S/C26H29ClN6O3/c1-3-36-23-11-6-19(27)17-22(23)30-25(34)29-20-7-9-21(10-8-20)32-13-15-33(16-14-32)26(35)31-24-18(2)5-4-12-28-24/h4-12,17H,3,13-16H2,1-2H3,(H,28,31,35)(H2,29,30,34). The zero-order valence-electron chi connectivity index (χ0n) is 20.3. The molecule has 2 aromatic carbocycles. The fourth-order valence-electron chi connectivity index (χ4n) is 3.89. The van der Waals surface area contributed by atoms with Crippen LogP contribution in [0.1, 0.15) is 12.5 Å². The van der Waals surface area contributed by atoms with E-state index in [-0.39, 0.29) is 6.03 Å². The van der Waals surface area contributed by atoms with Crippen LogP contribution >= 0.6 is 11.6 Å². The molecule has 0 aliphatic carbocycles. The molecular formula is C26H29ClN6O3. The number of carbonyl (C=O) groups is 2. The molecule has 0 atom stereocenters. The van der Waals surface area contributed by atoms with Crippen LogP contribution in [0.15, 0.2) is 60.8 Å². The van der Waals surface area contributed by atoms with E-state index in [1.165, 1.54) is 0 Å². The minimum atomic E-state index is -0.395. The van der Waals surface area contributed by atoms with Gasteiger partial charge in [0.1, 0.15) is 11.6 Å². The van der Waals surface area contributed by atoms with Crippen molar-refractivity contribution < 1.29 is 14.3 Å². The number of piperazine rings is 1. The highest BCUT2D eigenvalue weighted by molar-refractivity contribution is 6.31. The van der Waals surface area contributed by atoms with E-state index in [0.29, 0.717) is 60.8 Å². The average Bonchev–Trinajstić information content (AvgIpc) is 2.87. The minimum Gasteiger partial charge on any atom is -0.492 e. The van der Waals surface area contributed by atoms with Crippen LogP contribution in [0.2, 0.25) is 5.02 Å². The second kappa shape index (κ2) is 11.6. The first-order chi connectivity index (χ1) is 17.4. The van der Waals surface area contributed by atoms with E-state index in [0.717, 1.165) is 11.3 Å². The van der Waals surface area contributed by atoms with Crippen LogP contribution in [0, 0.1) is 6.92 Å². The molecular weight excluding hydrogens is 480 g/mol. The van der Waals surface area contributed by atoms with E-state index in [4.69, 9.17) is 16.3 Å². The quantitative estimate of drug-likeness (QED) is 0.412. The molecule has 36 heavy (non-hydrogen) atoms. The molecule has 0 spiro atoms. The summed E-state index contributed by atoms with van der Waals surface area (Å²) < 4.78 is 5.54. The van der Waals surface area contributed by atoms with Crippen molar-refractivity contribution in [2.45, 2.75) is 13.8 Å². The Labute approximate surface area is 215 Å². The number of hydrogen-bond donors (Lipinski definition) is 3. The molecule has 1 aromatic heterocycles. The van der Waals surface area contributed by atoms with Gasteiger partial charge in [-0.25, -0.2) is 14.6 Å². The Balaban J connectivity index is 1.29. The molecule has 1 saturated heterocycles. The van der Waals surface area contributed by atoms with Gasteiger partial charge in [0.25, 0.3) is 0 Å². The number of aryl methyl sites for hydroxylation is 1.